The van der Waals surface area contributed by atoms with Gasteiger partial charge in [0, 0.05) is 12.0 Å². The maximum absolute atomic E-state index is 12.6. The van der Waals surface area contributed by atoms with E-state index in [2.05, 4.69) is 17.4 Å². The highest BCUT2D eigenvalue weighted by Gasteiger charge is 2.32. The van der Waals surface area contributed by atoms with Crippen LogP contribution in [0.3, 0.4) is 0 Å². The number of hydrogen-bond donors (Lipinski definition) is 1. The van der Waals surface area contributed by atoms with E-state index < -0.39 is 11.7 Å². The normalized spacial score (nSPS) is 22.4. The Morgan fingerprint density at radius 3 is 2.14 bits per heavy atom. The maximum Gasteiger partial charge on any atom is 0.416 e. The monoisotopic (exact) mass is 291 g/mol. The van der Waals surface area contributed by atoms with Gasteiger partial charge < -0.3 is 5.32 Å². The third-order valence-electron chi connectivity index (χ3n) is 4.05. The number of alkyl halides is 3. The molecule has 0 spiro atoms. The number of rotatable bonds is 2. The molecule has 0 radical (unpaired) electrons. The first-order valence-corrected chi connectivity index (χ1v) is 7.01. The molecule has 2 aromatic rings. The van der Waals surface area contributed by atoms with Crippen LogP contribution in [0, 0.1) is 0 Å². The summed E-state index contributed by atoms with van der Waals surface area (Å²) >= 11 is 0. The number of halogens is 3. The Labute approximate surface area is 121 Å². The second-order valence-electron chi connectivity index (χ2n) is 5.36. The van der Waals surface area contributed by atoms with Crippen molar-refractivity contribution in [2.75, 3.05) is 6.54 Å². The highest BCUT2D eigenvalue weighted by Crippen LogP contribution is 2.38. The highest BCUT2D eigenvalue weighted by atomic mass is 19.4. The quantitative estimate of drug-likeness (QED) is 0.857. The molecule has 0 amide bonds. The summed E-state index contributed by atoms with van der Waals surface area (Å²) < 4.78 is 37.9. The van der Waals surface area contributed by atoms with Crippen LogP contribution in [0.15, 0.2) is 54.6 Å². The zero-order chi connectivity index (χ0) is 14.9. The summed E-state index contributed by atoms with van der Waals surface area (Å²) in [5.41, 5.74) is 1.54. The minimum absolute atomic E-state index is 0.0784. The smallest absolute Gasteiger partial charge is 0.309 e. The SMILES string of the molecule is FC(F)(F)c1ccc(C2NCCC2c2ccccc2)cc1. The summed E-state index contributed by atoms with van der Waals surface area (Å²) in [4.78, 5) is 0. The van der Waals surface area contributed by atoms with E-state index in [1.807, 2.05) is 18.2 Å². The van der Waals surface area contributed by atoms with Crippen LogP contribution in [0.5, 0.6) is 0 Å². The van der Waals surface area contributed by atoms with E-state index in [1.165, 1.54) is 5.56 Å². The van der Waals surface area contributed by atoms with Crippen LogP contribution in [-0.2, 0) is 6.18 Å². The van der Waals surface area contributed by atoms with Crippen LogP contribution >= 0.6 is 0 Å². The van der Waals surface area contributed by atoms with Crippen LogP contribution in [0.4, 0.5) is 13.2 Å². The molecule has 2 unspecified atom stereocenters. The van der Waals surface area contributed by atoms with Crippen LogP contribution in [0.2, 0.25) is 0 Å². The summed E-state index contributed by atoms with van der Waals surface area (Å²) in [6.07, 6.45) is -3.28. The molecule has 1 saturated heterocycles. The zero-order valence-electron chi connectivity index (χ0n) is 11.4. The fourth-order valence-corrected chi connectivity index (χ4v) is 2.99. The summed E-state index contributed by atoms with van der Waals surface area (Å²) in [6, 6.07) is 15.7. The van der Waals surface area contributed by atoms with Crippen molar-refractivity contribution in [3.63, 3.8) is 0 Å². The molecule has 0 bridgehead atoms. The lowest BCUT2D eigenvalue weighted by Crippen LogP contribution is -2.17. The predicted molar refractivity (Wildman–Crippen MR) is 76.0 cm³/mol. The molecular weight excluding hydrogens is 275 g/mol. The Kier molecular flexibility index (Phi) is 3.72. The van der Waals surface area contributed by atoms with Gasteiger partial charge in [0.15, 0.2) is 0 Å². The molecule has 1 fully saturated rings. The van der Waals surface area contributed by atoms with Gasteiger partial charge in [0.25, 0.3) is 0 Å². The van der Waals surface area contributed by atoms with E-state index in [0.29, 0.717) is 5.92 Å². The number of nitrogens with one attached hydrogen (secondary N) is 1. The highest BCUT2D eigenvalue weighted by molar-refractivity contribution is 5.32. The van der Waals surface area contributed by atoms with Gasteiger partial charge in [-0.05, 0) is 36.2 Å². The molecule has 2 atom stereocenters. The van der Waals surface area contributed by atoms with Crippen LogP contribution in [-0.4, -0.2) is 6.54 Å². The Morgan fingerprint density at radius 2 is 1.52 bits per heavy atom. The second kappa shape index (κ2) is 5.53. The van der Waals surface area contributed by atoms with E-state index in [9.17, 15) is 13.2 Å². The standard InChI is InChI=1S/C17H16F3N/c18-17(19,20)14-8-6-13(7-9-14)16-15(10-11-21-16)12-4-2-1-3-5-12/h1-9,15-16,21H,10-11H2. The minimum Gasteiger partial charge on any atom is -0.309 e. The molecule has 1 nitrogen and oxygen atoms in total. The van der Waals surface area contributed by atoms with Gasteiger partial charge in [-0.3, -0.25) is 0 Å². The van der Waals surface area contributed by atoms with Crippen molar-refractivity contribution in [3.05, 3.63) is 71.3 Å². The van der Waals surface area contributed by atoms with Gasteiger partial charge in [-0.25, -0.2) is 0 Å². The van der Waals surface area contributed by atoms with Crippen molar-refractivity contribution in [1.29, 1.82) is 0 Å². The second-order valence-corrected chi connectivity index (χ2v) is 5.36. The van der Waals surface area contributed by atoms with Gasteiger partial charge in [-0.2, -0.15) is 13.2 Å². The lowest BCUT2D eigenvalue weighted by Gasteiger charge is -2.21. The van der Waals surface area contributed by atoms with Crippen molar-refractivity contribution in [2.24, 2.45) is 0 Å². The van der Waals surface area contributed by atoms with Gasteiger partial charge in [0.05, 0.1) is 5.56 Å². The first-order chi connectivity index (χ1) is 10.1. The molecule has 3 rings (SSSR count). The van der Waals surface area contributed by atoms with Crippen LogP contribution in [0.25, 0.3) is 0 Å². The molecule has 110 valence electrons. The molecule has 2 aromatic carbocycles. The maximum atomic E-state index is 12.6. The molecule has 0 aromatic heterocycles. The third-order valence-corrected chi connectivity index (χ3v) is 4.05. The van der Waals surface area contributed by atoms with Gasteiger partial charge >= 0.3 is 6.18 Å². The molecule has 0 aliphatic carbocycles. The average molecular weight is 291 g/mol. The number of benzene rings is 2. The van der Waals surface area contributed by atoms with Crippen molar-refractivity contribution < 1.29 is 13.2 Å². The predicted octanol–water partition coefficient (Wildman–Crippen LogP) is 4.52. The Bertz CT molecular complexity index is 590. The molecule has 1 N–H and O–H groups in total. The van der Waals surface area contributed by atoms with E-state index in [4.69, 9.17) is 0 Å². The summed E-state index contributed by atoms with van der Waals surface area (Å²) in [5.74, 6) is 0.308. The first-order valence-electron chi connectivity index (χ1n) is 7.01. The van der Waals surface area contributed by atoms with Crippen LogP contribution < -0.4 is 5.32 Å². The fraction of sp³-hybridized carbons (Fsp3) is 0.294. The molecular formula is C17H16F3N. The molecule has 1 aliphatic rings. The average Bonchev–Trinajstić information content (AvgIpc) is 2.97. The summed E-state index contributed by atoms with van der Waals surface area (Å²) in [6.45, 7) is 0.880. The van der Waals surface area contributed by atoms with Gasteiger partial charge in [-0.15, -0.1) is 0 Å². The topological polar surface area (TPSA) is 12.0 Å². The van der Waals surface area contributed by atoms with Crippen molar-refractivity contribution in [3.8, 4) is 0 Å². The van der Waals surface area contributed by atoms with Gasteiger partial charge in [-0.1, -0.05) is 42.5 Å². The lowest BCUT2D eigenvalue weighted by atomic mass is 9.88. The molecule has 4 heteroatoms. The van der Waals surface area contributed by atoms with E-state index in [-0.39, 0.29) is 6.04 Å². The Hall–Kier alpha value is -1.81. The van der Waals surface area contributed by atoms with Crippen molar-refractivity contribution >= 4 is 0 Å². The van der Waals surface area contributed by atoms with Crippen LogP contribution in [0.1, 0.15) is 35.1 Å². The largest absolute Gasteiger partial charge is 0.416 e. The van der Waals surface area contributed by atoms with Crippen molar-refractivity contribution in [2.45, 2.75) is 24.6 Å². The summed E-state index contributed by atoms with van der Waals surface area (Å²) in [7, 11) is 0. The summed E-state index contributed by atoms with van der Waals surface area (Å²) in [5, 5.41) is 3.40. The third kappa shape index (κ3) is 2.95. The van der Waals surface area contributed by atoms with E-state index in [0.717, 1.165) is 30.7 Å². The molecule has 0 saturated carbocycles. The molecule has 21 heavy (non-hydrogen) atoms. The van der Waals surface area contributed by atoms with Gasteiger partial charge in [0.1, 0.15) is 0 Å². The molecule has 1 heterocycles. The van der Waals surface area contributed by atoms with E-state index >= 15 is 0 Å². The zero-order valence-corrected chi connectivity index (χ0v) is 11.4. The first kappa shape index (κ1) is 14.1. The van der Waals surface area contributed by atoms with Gasteiger partial charge in [0.2, 0.25) is 0 Å². The Morgan fingerprint density at radius 1 is 0.857 bits per heavy atom. The lowest BCUT2D eigenvalue weighted by molar-refractivity contribution is -0.137. The number of hydrogen-bond acceptors (Lipinski definition) is 1. The van der Waals surface area contributed by atoms with Crippen molar-refractivity contribution in [1.82, 2.24) is 5.32 Å². The Balaban J connectivity index is 1.86. The van der Waals surface area contributed by atoms with E-state index in [1.54, 1.807) is 12.1 Å². The minimum atomic E-state index is -4.28. The fourth-order valence-electron chi connectivity index (χ4n) is 2.99. The molecule has 1 aliphatic heterocycles.